The summed E-state index contributed by atoms with van der Waals surface area (Å²) in [7, 11) is 0. The van der Waals surface area contributed by atoms with Gasteiger partial charge in [0.1, 0.15) is 11.9 Å². The SMILES string of the molecule is Cc1ccc(F)cc1CNCC(O)C(N)=O. The number of aliphatic hydroxyl groups is 1. The molecule has 4 nitrogen and oxygen atoms in total. The fourth-order valence-corrected chi connectivity index (χ4v) is 1.27. The van der Waals surface area contributed by atoms with Crippen molar-refractivity contribution in [3.8, 4) is 0 Å². The van der Waals surface area contributed by atoms with Gasteiger partial charge in [-0.3, -0.25) is 4.79 Å². The van der Waals surface area contributed by atoms with Crippen molar-refractivity contribution >= 4 is 5.91 Å². The number of benzene rings is 1. The first kappa shape index (κ1) is 12.6. The van der Waals surface area contributed by atoms with Gasteiger partial charge in [0.25, 0.3) is 0 Å². The van der Waals surface area contributed by atoms with Gasteiger partial charge in [0, 0.05) is 13.1 Å². The smallest absolute Gasteiger partial charge is 0.247 e. The summed E-state index contributed by atoms with van der Waals surface area (Å²) in [5.41, 5.74) is 6.62. The molecule has 5 heteroatoms. The van der Waals surface area contributed by atoms with Crippen LogP contribution in [0, 0.1) is 12.7 Å². The van der Waals surface area contributed by atoms with Crippen LogP contribution in [0.1, 0.15) is 11.1 Å². The molecule has 0 aliphatic heterocycles. The Morgan fingerprint density at radius 2 is 2.31 bits per heavy atom. The highest BCUT2D eigenvalue weighted by molar-refractivity contribution is 5.78. The van der Waals surface area contributed by atoms with Crippen LogP contribution in [0.4, 0.5) is 4.39 Å². The zero-order valence-corrected chi connectivity index (χ0v) is 9.03. The normalized spacial score (nSPS) is 12.4. The number of carbonyl (C=O) groups excluding carboxylic acids is 1. The lowest BCUT2D eigenvalue weighted by Gasteiger charge is -2.10. The first-order valence-corrected chi connectivity index (χ1v) is 4.94. The number of carbonyl (C=O) groups is 1. The third-order valence-electron chi connectivity index (χ3n) is 2.29. The molecular formula is C11H15FN2O2. The van der Waals surface area contributed by atoms with Crippen molar-refractivity contribution in [1.82, 2.24) is 5.32 Å². The molecule has 0 saturated heterocycles. The summed E-state index contributed by atoms with van der Waals surface area (Å²) in [6.07, 6.45) is -1.21. The molecule has 1 rings (SSSR count). The zero-order valence-electron chi connectivity index (χ0n) is 9.03. The molecule has 1 atom stereocenters. The average Bonchev–Trinajstić information content (AvgIpc) is 2.22. The molecule has 0 heterocycles. The van der Waals surface area contributed by atoms with Gasteiger partial charge >= 0.3 is 0 Å². The first-order chi connectivity index (χ1) is 7.50. The van der Waals surface area contributed by atoms with E-state index < -0.39 is 12.0 Å². The van der Waals surface area contributed by atoms with Crippen LogP contribution in [0.5, 0.6) is 0 Å². The molecule has 1 amide bonds. The van der Waals surface area contributed by atoms with Crippen molar-refractivity contribution in [2.75, 3.05) is 6.54 Å². The van der Waals surface area contributed by atoms with Gasteiger partial charge in [-0.1, -0.05) is 6.07 Å². The number of hydrogen-bond donors (Lipinski definition) is 3. The number of nitrogens with one attached hydrogen (secondary N) is 1. The van der Waals surface area contributed by atoms with Crippen LogP contribution in [0.3, 0.4) is 0 Å². The van der Waals surface area contributed by atoms with Crippen LogP contribution in [0.25, 0.3) is 0 Å². The van der Waals surface area contributed by atoms with Crippen LogP contribution in [0.15, 0.2) is 18.2 Å². The summed E-state index contributed by atoms with van der Waals surface area (Å²) in [6.45, 7) is 2.31. The highest BCUT2D eigenvalue weighted by Gasteiger charge is 2.09. The van der Waals surface area contributed by atoms with E-state index in [-0.39, 0.29) is 12.4 Å². The van der Waals surface area contributed by atoms with Crippen molar-refractivity contribution in [2.45, 2.75) is 19.6 Å². The highest BCUT2D eigenvalue weighted by atomic mass is 19.1. The Labute approximate surface area is 93.3 Å². The third kappa shape index (κ3) is 3.60. The summed E-state index contributed by atoms with van der Waals surface area (Å²) in [5.74, 6) is -1.08. The summed E-state index contributed by atoms with van der Waals surface area (Å²) >= 11 is 0. The Morgan fingerprint density at radius 3 is 2.94 bits per heavy atom. The summed E-state index contributed by atoms with van der Waals surface area (Å²) in [6, 6.07) is 4.48. The molecule has 0 spiro atoms. The van der Waals surface area contributed by atoms with Gasteiger partial charge in [-0.25, -0.2) is 4.39 Å². The Hall–Kier alpha value is -1.46. The van der Waals surface area contributed by atoms with E-state index in [0.717, 1.165) is 11.1 Å². The van der Waals surface area contributed by atoms with Crippen LogP contribution >= 0.6 is 0 Å². The highest BCUT2D eigenvalue weighted by Crippen LogP contribution is 2.09. The van der Waals surface area contributed by atoms with E-state index in [1.165, 1.54) is 12.1 Å². The molecule has 1 unspecified atom stereocenters. The maximum Gasteiger partial charge on any atom is 0.247 e. The lowest BCUT2D eigenvalue weighted by Crippen LogP contribution is -2.37. The maximum atomic E-state index is 12.9. The lowest BCUT2D eigenvalue weighted by molar-refractivity contribution is -0.125. The molecule has 4 N–H and O–H groups in total. The number of nitrogens with two attached hydrogens (primary N) is 1. The molecular weight excluding hydrogens is 211 g/mol. The quantitative estimate of drug-likeness (QED) is 0.665. The van der Waals surface area contributed by atoms with E-state index in [1.807, 2.05) is 6.92 Å². The average molecular weight is 226 g/mol. The van der Waals surface area contributed by atoms with Gasteiger partial charge in [-0.15, -0.1) is 0 Å². The van der Waals surface area contributed by atoms with Crippen LogP contribution < -0.4 is 11.1 Å². The van der Waals surface area contributed by atoms with Gasteiger partial charge in [0.05, 0.1) is 0 Å². The van der Waals surface area contributed by atoms with Gasteiger partial charge in [-0.2, -0.15) is 0 Å². The number of aryl methyl sites for hydroxylation is 1. The van der Waals surface area contributed by atoms with Crippen molar-refractivity contribution in [2.24, 2.45) is 5.73 Å². The maximum absolute atomic E-state index is 12.9. The molecule has 0 saturated carbocycles. The van der Waals surface area contributed by atoms with E-state index in [1.54, 1.807) is 6.07 Å². The van der Waals surface area contributed by atoms with Crippen LogP contribution in [-0.4, -0.2) is 23.7 Å². The molecule has 88 valence electrons. The van der Waals surface area contributed by atoms with E-state index in [4.69, 9.17) is 10.8 Å². The van der Waals surface area contributed by atoms with Gasteiger partial charge in [-0.05, 0) is 30.2 Å². The minimum absolute atomic E-state index is 0.0608. The zero-order chi connectivity index (χ0) is 12.1. The van der Waals surface area contributed by atoms with Crippen LogP contribution in [0.2, 0.25) is 0 Å². The van der Waals surface area contributed by atoms with Gasteiger partial charge in [0.2, 0.25) is 5.91 Å². The Kier molecular flexibility index (Phi) is 4.39. The fourth-order valence-electron chi connectivity index (χ4n) is 1.27. The van der Waals surface area contributed by atoms with Gasteiger partial charge in [0.15, 0.2) is 0 Å². The fraction of sp³-hybridized carbons (Fsp3) is 0.364. The summed E-state index contributed by atoms with van der Waals surface area (Å²) in [4.78, 5) is 10.5. The molecule has 1 aromatic carbocycles. The molecule has 1 aromatic rings. The first-order valence-electron chi connectivity index (χ1n) is 4.94. The van der Waals surface area contributed by atoms with Crippen molar-refractivity contribution < 1.29 is 14.3 Å². The van der Waals surface area contributed by atoms with Crippen molar-refractivity contribution in [3.63, 3.8) is 0 Å². The Morgan fingerprint density at radius 1 is 1.62 bits per heavy atom. The molecule has 0 aromatic heterocycles. The Bertz CT molecular complexity index is 382. The minimum atomic E-state index is -1.21. The number of halogens is 1. The number of hydrogen-bond acceptors (Lipinski definition) is 3. The second-order valence-electron chi connectivity index (χ2n) is 3.62. The predicted octanol–water partition coefficient (Wildman–Crippen LogP) is 0.0699. The topological polar surface area (TPSA) is 75.3 Å². The van der Waals surface area contributed by atoms with Crippen molar-refractivity contribution in [3.05, 3.63) is 35.1 Å². The van der Waals surface area contributed by atoms with E-state index >= 15 is 0 Å². The summed E-state index contributed by atoms with van der Waals surface area (Å²) < 4.78 is 12.9. The molecule has 0 aliphatic carbocycles. The minimum Gasteiger partial charge on any atom is -0.382 e. The number of rotatable bonds is 5. The Balaban J connectivity index is 2.48. The molecule has 16 heavy (non-hydrogen) atoms. The third-order valence-corrected chi connectivity index (χ3v) is 2.29. The lowest BCUT2D eigenvalue weighted by atomic mass is 10.1. The standard InChI is InChI=1S/C11H15FN2O2/c1-7-2-3-9(12)4-8(7)5-14-6-10(15)11(13)16/h2-4,10,14-15H,5-6H2,1H3,(H2,13,16). The molecule has 0 aliphatic rings. The molecule has 0 fully saturated rings. The molecule has 0 radical (unpaired) electrons. The monoisotopic (exact) mass is 226 g/mol. The van der Waals surface area contributed by atoms with Gasteiger partial charge < -0.3 is 16.2 Å². The van der Waals surface area contributed by atoms with Crippen LogP contribution in [-0.2, 0) is 11.3 Å². The van der Waals surface area contributed by atoms with E-state index in [0.29, 0.717) is 6.54 Å². The second kappa shape index (κ2) is 5.58. The number of amides is 1. The predicted molar refractivity (Wildman–Crippen MR) is 58.0 cm³/mol. The largest absolute Gasteiger partial charge is 0.382 e. The van der Waals surface area contributed by atoms with E-state index in [2.05, 4.69) is 5.32 Å². The summed E-state index contributed by atoms with van der Waals surface area (Å²) in [5, 5.41) is 12.0. The number of aliphatic hydroxyl groups excluding tert-OH is 1. The van der Waals surface area contributed by atoms with E-state index in [9.17, 15) is 9.18 Å². The second-order valence-corrected chi connectivity index (χ2v) is 3.62. The number of primary amides is 1. The van der Waals surface area contributed by atoms with Crippen molar-refractivity contribution in [1.29, 1.82) is 0 Å². The molecule has 0 bridgehead atoms.